The Labute approximate surface area is 56.9 Å². The van der Waals surface area contributed by atoms with Crippen LogP contribution in [-0.4, -0.2) is 5.54 Å². The highest BCUT2D eigenvalue weighted by Gasteiger charge is 2.12. The minimum atomic E-state index is -0.351. The van der Waals surface area contributed by atoms with E-state index in [4.69, 9.17) is 11.5 Å². The van der Waals surface area contributed by atoms with Gasteiger partial charge < -0.3 is 11.5 Å². The van der Waals surface area contributed by atoms with E-state index >= 15 is 0 Å². The maximum atomic E-state index is 5.67. The topological polar surface area (TPSA) is 52.0 Å². The van der Waals surface area contributed by atoms with Crippen LogP contribution in [0, 0.1) is 0 Å². The predicted molar refractivity (Wildman–Crippen MR) is 40.8 cm³/mol. The lowest BCUT2D eigenvalue weighted by Gasteiger charge is -2.18. The summed E-state index contributed by atoms with van der Waals surface area (Å²) in [6.07, 6.45) is 2.90. The first kappa shape index (κ1) is 8.50. The fraction of sp³-hybridized carbons (Fsp3) is 0.714. The molecular weight excluding hydrogens is 112 g/mol. The molecule has 0 heterocycles. The molecule has 0 aliphatic heterocycles. The highest BCUT2D eigenvalue weighted by atomic mass is 14.8. The molecule has 0 radical (unpaired) electrons. The van der Waals surface area contributed by atoms with Crippen LogP contribution in [0.25, 0.3) is 0 Å². The Morgan fingerprint density at radius 1 is 1.56 bits per heavy atom. The molecule has 0 atom stereocenters. The second-order valence-electron chi connectivity index (χ2n) is 2.79. The molecule has 0 aliphatic carbocycles. The molecule has 9 heavy (non-hydrogen) atoms. The van der Waals surface area contributed by atoms with E-state index in [1.54, 1.807) is 0 Å². The van der Waals surface area contributed by atoms with Gasteiger partial charge in [-0.2, -0.15) is 0 Å². The summed E-state index contributed by atoms with van der Waals surface area (Å²) < 4.78 is 0. The fourth-order valence-corrected chi connectivity index (χ4v) is 0.483. The van der Waals surface area contributed by atoms with Gasteiger partial charge in [-0.1, -0.05) is 13.0 Å². The lowest BCUT2D eigenvalue weighted by Crippen LogP contribution is -2.38. The van der Waals surface area contributed by atoms with Crippen molar-refractivity contribution in [1.29, 1.82) is 0 Å². The quantitative estimate of drug-likeness (QED) is 0.582. The average molecular weight is 128 g/mol. The minimum absolute atomic E-state index is 0.351. The minimum Gasteiger partial charge on any atom is -0.401 e. The molecule has 0 saturated heterocycles. The first-order valence-electron chi connectivity index (χ1n) is 3.23. The van der Waals surface area contributed by atoms with Crippen LogP contribution < -0.4 is 11.5 Å². The number of rotatable bonds is 2. The van der Waals surface area contributed by atoms with Gasteiger partial charge in [0, 0.05) is 11.2 Å². The van der Waals surface area contributed by atoms with Crippen molar-refractivity contribution < 1.29 is 0 Å². The summed E-state index contributed by atoms with van der Waals surface area (Å²) in [5.74, 6) is 0. The molecule has 0 saturated carbocycles. The zero-order valence-electron chi connectivity index (χ0n) is 6.44. The van der Waals surface area contributed by atoms with Gasteiger partial charge in [0.25, 0.3) is 0 Å². The van der Waals surface area contributed by atoms with E-state index < -0.39 is 0 Å². The molecule has 0 aliphatic rings. The lowest BCUT2D eigenvalue weighted by atomic mass is 10.0. The second kappa shape index (κ2) is 2.87. The first-order valence-corrected chi connectivity index (χ1v) is 3.23. The molecule has 0 bridgehead atoms. The molecule has 2 nitrogen and oxygen atoms in total. The van der Waals surface area contributed by atoms with Gasteiger partial charge in [0.2, 0.25) is 0 Å². The third kappa shape index (κ3) is 3.14. The Hall–Kier alpha value is -0.500. The zero-order chi connectivity index (χ0) is 7.49. The summed E-state index contributed by atoms with van der Waals surface area (Å²) in [6, 6.07) is 0. The average Bonchev–Trinajstić information content (AvgIpc) is 1.64. The standard InChI is InChI=1S/C7H16N2/c1-4-5-6(8)7(2,3)9/h5H,4,8-9H2,1-3H3/b6-5+. The van der Waals surface area contributed by atoms with Crippen LogP contribution in [0.4, 0.5) is 0 Å². The number of hydrogen-bond donors (Lipinski definition) is 2. The van der Waals surface area contributed by atoms with Crippen molar-refractivity contribution in [1.82, 2.24) is 0 Å². The Morgan fingerprint density at radius 3 is 2.11 bits per heavy atom. The Balaban J connectivity index is 4.03. The Bertz CT molecular complexity index is 109. The van der Waals surface area contributed by atoms with E-state index in [9.17, 15) is 0 Å². The molecule has 0 rings (SSSR count). The van der Waals surface area contributed by atoms with Gasteiger partial charge in [-0.3, -0.25) is 0 Å². The molecule has 0 aromatic heterocycles. The van der Waals surface area contributed by atoms with Crippen molar-refractivity contribution in [2.24, 2.45) is 11.5 Å². The molecule has 54 valence electrons. The molecule has 2 heteroatoms. The van der Waals surface area contributed by atoms with Crippen LogP contribution >= 0.6 is 0 Å². The van der Waals surface area contributed by atoms with Crippen LogP contribution in [0.15, 0.2) is 11.8 Å². The third-order valence-electron chi connectivity index (χ3n) is 1.17. The number of nitrogens with two attached hydrogens (primary N) is 2. The summed E-state index contributed by atoms with van der Waals surface area (Å²) in [4.78, 5) is 0. The van der Waals surface area contributed by atoms with Gasteiger partial charge in [-0.15, -0.1) is 0 Å². The maximum Gasteiger partial charge on any atom is 0.0495 e. The van der Waals surface area contributed by atoms with E-state index in [-0.39, 0.29) is 5.54 Å². The maximum absolute atomic E-state index is 5.67. The monoisotopic (exact) mass is 128 g/mol. The number of allylic oxidation sites excluding steroid dienone is 1. The first-order chi connectivity index (χ1) is 3.98. The van der Waals surface area contributed by atoms with E-state index in [2.05, 4.69) is 0 Å². The van der Waals surface area contributed by atoms with Gasteiger partial charge in [0.05, 0.1) is 0 Å². The van der Waals surface area contributed by atoms with Crippen molar-refractivity contribution in [2.45, 2.75) is 32.7 Å². The zero-order valence-corrected chi connectivity index (χ0v) is 6.44. The molecule has 0 fully saturated rings. The van der Waals surface area contributed by atoms with Crippen LogP contribution in [-0.2, 0) is 0 Å². The highest BCUT2D eigenvalue weighted by Crippen LogP contribution is 2.05. The smallest absolute Gasteiger partial charge is 0.0495 e. The summed E-state index contributed by atoms with van der Waals surface area (Å²) in [5, 5.41) is 0. The normalized spacial score (nSPS) is 14.0. The molecule has 0 spiro atoms. The lowest BCUT2D eigenvalue weighted by molar-refractivity contribution is 0.601. The van der Waals surface area contributed by atoms with Crippen LogP contribution in [0.3, 0.4) is 0 Å². The van der Waals surface area contributed by atoms with Gasteiger partial charge in [0.15, 0.2) is 0 Å². The fourth-order valence-electron chi connectivity index (χ4n) is 0.483. The van der Waals surface area contributed by atoms with Crippen LogP contribution in [0.5, 0.6) is 0 Å². The van der Waals surface area contributed by atoms with Gasteiger partial charge in [-0.25, -0.2) is 0 Å². The highest BCUT2D eigenvalue weighted by molar-refractivity contribution is 5.11. The van der Waals surface area contributed by atoms with E-state index in [0.29, 0.717) is 0 Å². The molecule has 0 aromatic rings. The largest absolute Gasteiger partial charge is 0.401 e. The van der Waals surface area contributed by atoms with Gasteiger partial charge in [-0.05, 0) is 20.3 Å². The molecule has 4 N–H and O–H groups in total. The molecular formula is C7H16N2. The van der Waals surface area contributed by atoms with E-state index in [1.165, 1.54) is 0 Å². The van der Waals surface area contributed by atoms with Crippen molar-refractivity contribution in [3.63, 3.8) is 0 Å². The van der Waals surface area contributed by atoms with E-state index in [1.807, 2.05) is 26.8 Å². The Kier molecular flexibility index (Phi) is 2.71. The van der Waals surface area contributed by atoms with Crippen LogP contribution in [0.2, 0.25) is 0 Å². The third-order valence-corrected chi connectivity index (χ3v) is 1.17. The van der Waals surface area contributed by atoms with Gasteiger partial charge in [0.1, 0.15) is 0 Å². The SMILES string of the molecule is CC/C=C(/N)C(C)(C)N. The summed E-state index contributed by atoms with van der Waals surface area (Å²) in [7, 11) is 0. The van der Waals surface area contributed by atoms with Crippen molar-refractivity contribution >= 4 is 0 Å². The molecule has 0 amide bonds. The number of hydrogen-bond acceptors (Lipinski definition) is 2. The van der Waals surface area contributed by atoms with Crippen molar-refractivity contribution in [3.8, 4) is 0 Å². The summed E-state index contributed by atoms with van der Waals surface area (Å²) >= 11 is 0. The Morgan fingerprint density at radius 2 is 2.00 bits per heavy atom. The van der Waals surface area contributed by atoms with E-state index in [0.717, 1.165) is 12.1 Å². The summed E-state index contributed by atoms with van der Waals surface area (Å²) in [5.41, 5.74) is 11.7. The van der Waals surface area contributed by atoms with Crippen LogP contribution in [0.1, 0.15) is 27.2 Å². The summed E-state index contributed by atoms with van der Waals surface area (Å²) in [6.45, 7) is 5.83. The second-order valence-corrected chi connectivity index (χ2v) is 2.79. The molecule has 0 aromatic carbocycles. The van der Waals surface area contributed by atoms with Crippen molar-refractivity contribution in [3.05, 3.63) is 11.8 Å². The van der Waals surface area contributed by atoms with Gasteiger partial charge >= 0.3 is 0 Å². The predicted octanol–water partition coefficient (Wildman–Crippen LogP) is 0.976. The van der Waals surface area contributed by atoms with Crippen molar-refractivity contribution in [2.75, 3.05) is 0 Å². The molecule has 0 unspecified atom stereocenters.